The molecule has 1 aromatic carbocycles. The van der Waals surface area contributed by atoms with Crippen LogP contribution in [0.3, 0.4) is 0 Å². The fourth-order valence-corrected chi connectivity index (χ4v) is 5.00. The van der Waals surface area contributed by atoms with E-state index in [0.717, 1.165) is 0 Å². The van der Waals surface area contributed by atoms with Gasteiger partial charge in [0.2, 0.25) is 5.91 Å². The van der Waals surface area contributed by atoms with Crippen molar-refractivity contribution in [3.8, 4) is 0 Å². The van der Waals surface area contributed by atoms with Gasteiger partial charge in [-0.3, -0.25) is 4.79 Å². The maximum Gasteiger partial charge on any atom is 0.334 e. The normalized spacial score (nSPS) is 21.8. The Morgan fingerprint density at radius 1 is 1.33 bits per heavy atom. The van der Waals surface area contributed by atoms with Gasteiger partial charge in [-0.2, -0.15) is 0 Å². The van der Waals surface area contributed by atoms with Crippen LogP contribution in [-0.2, 0) is 25.0 Å². The van der Waals surface area contributed by atoms with E-state index in [-0.39, 0.29) is 30.3 Å². The molecule has 1 saturated heterocycles. The van der Waals surface area contributed by atoms with Gasteiger partial charge in [-0.25, -0.2) is 13.2 Å². The highest BCUT2D eigenvalue weighted by Crippen LogP contribution is 2.28. The summed E-state index contributed by atoms with van der Waals surface area (Å²) >= 11 is 5.84. The largest absolute Gasteiger partial charge is 0.479 e. The number of carboxylic acids is 1. The van der Waals surface area contributed by atoms with Gasteiger partial charge in [-0.05, 0) is 36.5 Å². The minimum Gasteiger partial charge on any atom is -0.479 e. The predicted octanol–water partition coefficient (Wildman–Crippen LogP) is 1.97. The number of nitrogens with one attached hydrogen (secondary N) is 1. The summed E-state index contributed by atoms with van der Waals surface area (Å²) in [6.07, 6.45) is 0.587. The molecule has 1 aliphatic heterocycles. The number of hydrogen-bond donors (Lipinski definition) is 2. The molecule has 0 aliphatic carbocycles. The Morgan fingerprint density at radius 2 is 1.96 bits per heavy atom. The number of halogens is 1. The molecule has 0 aromatic heterocycles. The first-order valence-corrected chi connectivity index (χ1v) is 9.89. The van der Waals surface area contributed by atoms with Crippen molar-refractivity contribution in [1.29, 1.82) is 0 Å². The Hall–Kier alpha value is -1.60. The molecule has 0 radical (unpaired) electrons. The van der Waals surface area contributed by atoms with Gasteiger partial charge in [0, 0.05) is 11.4 Å². The number of sulfone groups is 1. The molecule has 8 heteroatoms. The lowest BCUT2D eigenvalue weighted by atomic mass is 9.86. The first-order chi connectivity index (χ1) is 11.2. The van der Waals surface area contributed by atoms with Crippen LogP contribution in [0.1, 0.15) is 31.7 Å². The van der Waals surface area contributed by atoms with E-state index in [0.29, 0.717) is 17.0 Å². The van der Waals surface area contributed by atoms with Crippen molar-refractivity contribution >= 4 is 33.3 Å². The number of rotatable bonds is 6. The van der Waals surface area contributed by atoms with Crippen LogP contribution in [0, 0.1) is 5.92 Å². The second kappa shape index (κ2) is 7.11. The number of carbonyl (C=O) groups excluding carboxylic acids is 1. The topological polar surface area (TPSA) is 101 Å². The van der Waals surface area contributed by atoms with Crippen LogP contribution in [0.4, 0.5) is 0 Å². The van der Waals surface area contributed by atoms with E-state index in [1.54, 1.807) is 31.2 Å². The van der Waals surface area contributed by atoms with E-state index in [2.05, 4.69) is 5.32 Å². The van der Waals surface area contributed by atoms with Crippen LogP contribution in [0.5, 0.6) is 0 Å². The van der Waals surface area contributed by atoms with Crippen molar-refractivity contribution in [2.75, 3.05) is 11.5 Å². The Labute approximate surface area is 146 Å². The highest BCUT2D eigenvalue weighted by atomic mass is 35.5. The maximum absolute atomic E-state index is 12.3. The van der Waals surface area contributed by atoms with Gasteiger partial charge < -0.3 is 10.4 Å². The van der Waals surface area contributed by atoms with Gasteiger partial charge >= 0.3 is 5.97 Å². The third-order valence-corrected chi connectivity index (χ3v) is 6.48. The molecule has 2 rings (SSSR count). The Kier molecular flexibility index (Phi) is 5.55. The van der Waals surface area contributed by atoms with Crippen molar-refractivity contribution in [3.05, 3.63) is 34.9 Å². The van der Waals surface area contributed by atoms with Gasteiger partial charge in [0.05, 0.1) is 11.5 Å². The average Bonchev–Trinajstić information content (AvgIpc) is 2.84. The average molecular weight is 374 g/mol. The lowest BCUT2D eigenvalue weighted by molar-refractivity contribution is -0.148. The van der Waals surface area contributed by atoms with Gasteiger partial charge in [0.15, 0.2) is 15.4 Å². The standard InChI is InChI=1S/C16H20ClNO5S/c1-2-16(15(20)21,12-3-5-13(17)6-4-12)18-14(19)9-11-7-8-24(22,23)10-11/h3-6,11H,2,7-10H2,1H3,(H,18,19)(H,20,21). The SMILES string of the molecule is CCC(NC(=O)CC1CCS(=O)(=O)C1)(C(=O)O)c1ccc(Cl)cc1. The van der Waals surface area contributed by atoms with Gasteiger partial charge in [0.1, 0.15) is 0 Å². The maximum atomic E-state index is 12.3. The molecule has 1 fully saturated rings. The number of carbonyl (C=O) groups is 2. The highest BCUT2D eigenvalue weighted by Gasteiger charge is 2.41. The molecular weight excluding hydrogens is 354 g/mol. The second-order valence-corrected chi connectivity index (χ2v) is 8.76. The zero-order chi connectivity index (χ0) is 18.0. The zero-order valence-electron chi connectivity index (χ0n) is 13.3. The minimum atomic E-state index is -3.07. The Balaban J connectivity index is 2.18. The first kappa shape index (κ1) is 18.7. The van der Waals surface area contributed by atoms with Crippen molar-refractivity contribution in [2.45, 2.75) is 31.7 Å². The number of hydrogen-bond acceptors (Lipinski definition) is 4. The van der Waals surface area contributed by atoms with E-state index >= 15 is 0 Å². The Morgan fingerprint density at radius 3 is 2.42 bits per heavy atom. The quantitative estimate of drug-likeness (QED) is 0.793. The summed E-state index contributed by atoms with van der Waals surface area (Å²) < 4.78 is 23.0. The van der Waals surface area contributed by atoms with Gasteiger partial charge in [-0.1, -0.05) is 30.7 Å². The summed E-state index contributed by atoms with van der Waals surface area (Å²) in [5.74, 6) is -1.83. The van der Waals surface area contributed by atoms with Crippen molar-refractivity contribution in [3.63, 3.8) is 0 Å². The molecule has 2 N–H and O–H groups in total. The van der Waals surface area contributed by atoms with Crippen LogP contribution in [0.15, 0.2) is 24.3 Å². The minimum absolute atomic E-state index is 0.00184. The monoisotopic (exact) mass is 373 g/mol. The fraction of sp³-hybridized carbons (Fsp3) is 0.500. The number of benzene rings is 1. The van der Waals surface area contributed by atoms with Crippen molar-refractivity contribution in [2.24, 2.45) is 5.92 Å². The molecule has 0 bridgehead atoms. The summed E-state index contributed by atoms with van der Waals surface area (Å²) in [6, 6.07) is 6.28. The summed E-state index contributed by atoms with van der Waals surface area (Å²) in [5, 5.41) is 12.8. The molecule has 132 valence electrons. The van der Waals surface area contributed by atoms with E-state index in [1.807, 2.05) is 0 Å². The third kappa shape index (κ3) is 4.08. The lowest BCUT2D eigenvalue weighted by Gasteiger charge is -2.30. The Bertz CT molecular complexity index is 731. The summed E-state index contributed by atoms with van der Waals surface area (Å²) in [4.78, 5) is 24.2. The summed E-state index contributed by atoms with van der Waals surface area (Å²) in [5.41, 5.74) is -1.13. The molecule has 1 amide bonds. The molecule has 1 heterocycles. The van der Waals surface area contributed by atoms with Crippen molar-refractivity contribution in [1.82, 2.24) is 5.32 Å². The fourth-order valence-electron chi connectivity index (χ4n) is 3.01. The molecule has 0 saturated carbocycles. The molecule has 6 nitrogen and oxygen atoms in total. The molecule has 2 atom stereocenters. The van der Waals surface area contributed by atoms with E-state index < -0.39 is 27.3 Å². The van der Waals surface area contributed by atoms with E-state index in [1.165, 1.54) is 0 Å². The van der Waals surface area contributed by atoms with Crippen LogP contribution < -0.4 is 5.32 Å². The molecule has 1 aliphatic rings. The number of aliphatic carboxylic acids is 1. The third-order valence-electron chi connectivity index (χ3n) is 4.39. The highest BCUT2D eigenvalue weighted by molar-refractivity contribution is 7.91. The molecule has 24 heavy (non-hydrogen) atoms. The molecule has 1 aromatic rings. The van der Waals surface area contributed by atoms with E-state index in [9.17, 15) is 23.1 Å². The summed E-state index contributed by atoms with van der Waals surface area (Å²) in [6.45, 7) is 1.67. The van der Waals surface area contributed by atoms with Crippen LogP contribution in [0.2, 0.25) is 5.02 Å². The zero-order valence-corrected chi connectivity index (χ0v) is 14.9. The summed E-state index contributed by atoms with van der Waals surface area (Å²) in [7, 11) is -3.07. The number of amides is 1. The molecule has 0 spiro atoms. The van der Waals surface area contributed by atoms with Gasteiger partial charge in [0.25, 0.3) is 0 Å². The smallest absolute Gasteiger partial charge is 0.334 e. The van der Waals surface area contributed by atoms with Gasteiger partial charge in [-0.15, -0.1) is 0 Å². The predicted molar refractivity (Wildman–Crippen MR) is 90.6 cm³/mol. The first-order valence-electron chi connectivity index (χ1n) is 7.69. The van der Waals surface area contributed by atoms with E-state index in [4.69, 9.17) is 11.6 Å². The van der Waals surface area contributed by atoms with Crippen LogP contribution >= 0.6 is 11.6 Å². The lowest BCUT2D eigenvalue weighted by Crippen LogP contribution is -2.51. The second-order valence-electron chi connectivity index (χ2n) is 6.09. The van der Waals surface area contributed by atoms with Crippen LogP contribution in [-0.4, -0.2) is 36.9 Å². The number of carboxylic acid groups (broad SMARTS) is 1. The molecule has 2 unspecified atom stereocenters. The molecular formula is C16H20ClNO5S. The van der Waals surface area contributed by atoms with Crippen molar-refractivity contribution < 1.29 is 23.1 Å². The van der Waals surface area contributed by atoms with Crippen LogP contribution in [0.25, 0.3) is 0 Å².